The van der Waals surface area contributed by atoms with Gasteiger partial charge in [0.2, 0.25) is 0 Å². The second-order valence-electron chi connectivity index (χ2n) is 10.7. The predicted molar refractivity (Wildman–Crippen MR) is 163 cm³/mol. The molecule has 0 amide bonds. The zero-order valence-corrected chi connectivity index (χ0v) is 26.0. The number of amidine groups is 2. The molecule has 19 nitrogen and oxygen atoms in total. The topological polar surface area (TPSA) is 252 Å². The summed E-state index contributed by atoms with van der Waals surface area (Å²) in [7, 11) is 0. The SMILES string of the molecule is C=P1([S-])OCC2OC(N3C=NC4C(N)=NC=NC43)C(OP([O-])(=S)OCC3OC(N4C=NC5C(N)=NC=NC54)C(O)C3O1)C2O. The number of nitrogens with zero attached hydrogens (tertiary/aromatic N) is 8. The van der Waals surface area contributed by atoms with Crippen molar-refractivity contribution in [3.05, 3.63) is 0 Å². The zero-order valence-electron chi connectivity index (χ0n) is 22.6. The monoisotopic (exact) mass is 690 g/mol. The maximum absolute atomic E-state index is 13.5. The highest BCUT2D eigenvalue weighted by Gasteiger charge is 2.54. The van der Waals surface area contributed by atoms with Crippen LogP contribution in [0.2, 0.25) is 0 Å². The molecule has 0 saturated carbocycles. The molecule has 0 aromatic carbocycles. The zero-order chi connectivity index (χ0) is 31.0. The molecule has 7 heterocycles. The van der Waals surface area contributed by atoms with E-state index in [9.17, 15) is 15.1 Å². The standard InChI is InChI=1S/C21H29N10O9P2S2/c1-41(43)35-2-8-12(32)15(21(37-8)31-7-29-11-17(23)25-5-27-19(11)31)40-42(34,44)36-3-9-14(39-41)13(33)20(38-9)30-6-28-10-16(22)24-4-26-18(10)30/h4-15,18-21,32-33H,1-3H2,(H5-,22,23,24,25,26,27,34,43,44)/q-1/p-1. The van der Waals surface area contributed by atoms with Crippen LogP contribution in [-0.4, -0.2) is 150 Å². The van der Waals surface area contributed by atoms with E-state index in [4.69, 9.17) is 63.1 Å². The molecule has 44 heavy (non-hydrogen) atoms. The summed E-state index contributed by atoms with van der Waals surface area (Å²) in [5.74, 6) is 0.493. The van der Waals surface area contributed by atoms with Crippen LogP contribution in [0.25, 0.3) is 0 Å². The van der Waals surface area contributed by atoms with E-state index in [1.165, 1.54) is 25.4 Å². The van der Waals surface area contributed by atoms with Gasteiger partial charge in [-0.1, -0.05) is 18.1 Å². The summed E-state index contributed by atoms with van der Waals surface area (Å²) in [6.07, 6.45) is -1.33. The Bertz CT molecular complexity index is 1470. The minimum absolute atomic E-state index is 0.239. The Hall–Kier alpha value is -1.84. The first-order valence-electron chi connectivity index (χ1n) is 13.3. The van der Waals surface area contributed by atoms with Crippen molar-refractivity contribution in [3.8, 4) is 0 Å². The van der Waals surface area contributed by atoms with Crippen LogP contribution in [-0.2, 0) is 51.6 Å². The lowest BCUT2D eigenvalue weighted by molar-refractivity contribution is -0.219. The lowest BCUT2D eigenvalue weighted by Crippen LogP contribution is -2.52. The molecule has 2 bridgehead atoms. The van der Waals surface area contributed by atoms with Crippen molar-refractivity contribution in [2.45, 2.75) is 73.5 Å². The number of nitrogens with two attached hydrogens (primary N) is 2. The lowest BCUT2D eigenvalue weighted by Gasteiger charge is -2.38. The number of aliphatic hydroxyl groups is 2. The predicted octanol–water partition coefficient (Wildman–Crippen LogP) is -3.82. The number of aliphatic imine (C=N–C) groups is 6. The maximum atomic E-state index is 13.5. The largest absolute Gasteiger partial charge is 0.780 e. The van der Waals surface area contributed by atoms with Crippen molar-refractivity contribution in [2.75, 3.05) is 13.2 Å². The average Bonchev–Trinajstić information content (AvgIpc) is 3.73. The van der Waals surface area contributed by atoms with Crippen LogP contribution in [0.3, 0.4) is 0 Å². The molecule has 6 N–H and O–H groups in total. The van der Waals surface area contributed by atoms with E-state index in [2.05, 4.69) is 36.3 Å². The molecular formula is C21H28N10O9P2S2-2. The lowest BCUT2D eigenvalue weighted by atomic mass is 10.1. The number of rotatable bonds is 2. The van der Waals surface area contributed by atoms with E-state index in [0.717, 1.165) is 0 Å². The van der Waals surface area contributed by atoms with Gasteiger partial charge in [-0.2, -0.15) is 0 Å². The minimum atomic E-state index is -4.34. The molecule has 7 aliphatic heterocycles. The second-order valence-corrected chi connectivity index (χ2v) is 16.7. The Morgan fingerprint density at radius 1 is 0.864 bits per heavy atom. The summed E-state index contributed by atoms with van der Waals surface area (Å²) >= 11 is 10.8. The van der Waals surface area contributed by atoms with Gasteiger partial charge in [-0.15, -0.1) is 0 Å². The molecule has 14 unspecified atom stereocenters. The summed E-state index contributed by atoms with van der Waals surface area (Å²) in [5, 5.41) is 22.6. The number of fused-ring (bicyclic) bond motifs is 5. The average molecular weight is 691 g/mol. The molecule has 7 rings (SSSR count). The number of hydrogen-bond acceptors (Lipinski definition) is 21. The summed E-state index contributed by atoms with van der Waals surface area (Å²) < 4.78 is 35.5. The van der Waals surface area contributed by atoms with Crippen LogP contribution in [0.1, 0.15) is 0 Å². The molecule has 0 spiro atoms. The van der Waals surface area contributed by atoms with Gasteiger partial charge >= 0.3 is 0 Å². The van der Waals surface area contributed by atoms with Crippen LogP contribution >= 0.6 is 13.3 Å². The summed E-state index contributed by atoms with van der Waals surface area (Å²) in [6, 6.07) is -1.16. The molecule has 0 aromatic rings. The molecule has 14 atom stereocenters. The van der Waals surface area contributed by atoms with E-state index in [1.807, 2.05) is 0 Å². The van der Waals surface area contributed by atoms with E-state index in [0.29, 0.717) is 0 Å². The fourth-order valence-corrected chi connectivity index (χ4v) is 8.74. The van der Waals surface area contributed by atoms with Crippen molar-refractivity contribution in [1.82, 2.24) is 9.80 Å². The van der Waals surface area contributed by atoms with Crippen LogP contribution < -0.4 is 16.4 Å². The first-order chi connectivity index (χ1) is 20.9. The van der Waals surface area contributed by atoms with Gasteiger partial charge in [0.05, 0.1) is 25.9 Å². The number of hydrogen-bond donors (Lipinski definition) is 4. The number of aliphatic hydroxyl groups excluding tert-OH is 2. The van der Waals surface area contributed by atoms with Gasteiger partial charge < -0.3 is 76.2 Å². The molecule has 0 radical (unpaired) electrons. The third-order valence-electron chi connectivity index (χ3n) is 7.93. The highest BCUT2D eigenvalue weighted by Crippen LogP contribution is 2.52. The summed E-state index contributed by atoms with van der Waals surface area (Å²) in [4.78, 5) is 41.9. The van der Waals surface area contributed by atoms with Crippen LogP contribution in [0.15, 0.2) is 30.0 Å². The molecular weight excluding hydrogens is 662 g/mol. The quantitative estimate of drug-likeness (QED) is 0.160. The van der Waals surface area contributed by atoms with Gasteiger partial charge in [0, 0.05) is 0 Å². The van der Waals surface area contributed by atoms with Gasteiger partial charge in [0.25, 0.3) is 0 Å². The van der Waals surface area contributed by atoms with Crippen LogP contribution in [0, 0.1) is 0 Å². The molecule has 7 aliphatic rings. The molecule has 240 valence electrons. The van der Waals surface area contributed by atoms with Crippen molar-refractivity contribution in [2.24, 2.45) is 41.4 Å². The Morgan fingerprint density at radius 3 is 2.07 bits per heavy atom. The highest BCUT2D eigenvalue weighted by molar-refractivity contribution is 8.36. The van der Waals surface area contributed by atoms with E-state index in [1.54, 1.807) is 9.80 Å². The highest BCUT2D eigenvalue weighted by atomic mass is 32.7. The molecule has 3 fully saturated rings. The Kier molecular flexibility index (Phi) is 8.01. The second kappa shape index (κ2) is 11.4. The normalized spacial score (nSPS) is 49.9. The van der Waals surface area contributed by atoms with E-state index >= 15 is 0 Å². The molecule has 23 heteroatoms. The van der Waals surface area contributed by atoms with Gasteiger partial charge in [-0.25, -0.2) is 20.0 Å². The van der Waals surface area contributed by atoms with Crippen molar-refractivity contribution >= 4 is 80.6 Å². The third kappa shape index (κ3) is 5.46. The van der Waals surface area contributed by atoms with Gasteiger partial charge in [-0.05, 0) is 6.54 Å². The van der Waals surface area contributed by atoms with Gasteiger partial charge in [-0.3, -0.25) is 9.98 Å². The first-order valence-corrected chi connectivity index (χ1v) is 18.7. The Labute approximate surface area is 260 Å². The maximum Gasteiger partial charge on any atom is 0.162 e. The molecule has 0 aromatic heterocycles. The first kappa shape index (κ1) is 30.8. The van der Waals surface area contributed by atoms with E-state index < -0.39 is 93.4 Å². The van der Waals surface area contributed by atoms with Crippen molar-refractivity contribution in [3.63, 3.8) is 0 Å². The minimum Gasteiger partial charge on any atom is -0.780 e. The van der Waals surface area contributed by atoms with Gasteiger partial charge in [0.1, 0.15) is 79.8 Å². The van der Waals surface area contributed by atoms with Crippen LogP contribution in [0.5, 0.6) is 0 Å². The fraction of sp³-hybridized carbons (Fsp3) is 0.667. The number of ether oxygens (including phenoxy) is 2. The smallest absolute Gasteiger partial charge is 0.162 e. The van der Waals surface area contributed by atoms with Crippen molar-refractivity contribution in [1.29, 1.82) is 0 Å². The third-order valence-corrected chi connectivity index (χ3v) is 11.2. The van der Waals surface area contributed by atoms with Crippen LogP contribution in [0.4, 0.5) is 0 Å². The molecule has 0 aliphatic carbocycles. The summed E-state index contributed by atoms with van der Waals surface area (Å²) in [6.45, 7) is -8.47. The Balaban J connectivity index is 1.13. The van der Waals surface area contributed by atoms with Crippen molar-refractivity contribution < 1.29 is 42.7 Å². The molecule has 3 saturated heterocycles. The Morgan fingerprint density at radius 2 is 1.43 bits per heavy atom. The fourth-order valence-electron chi connectivity index (χ4n) is 5.80. The van der Waals surface area contributed by atoms with Gasteiger partial charge in [0.15, 0.2) is 24.8 Å². The van der Waals surface area contributed by atoms with E-state index in [-0.39, 0.29) is 18.3 Å². The summed E-state index contributed by atoms with van der Waals surface area (Å²) in [5.41, 5.74) is 11.9.